The lowest BCUT2D eigenvalue weighted by molar-refractivity contribution is 0.829. The van der Waals surface area contributed by atoms with E-state index in [0.717, 1.165) is 23.3 Å². The van der Waals surface area contributed by atoms with E-state index in [1.54, 1.807) is 0 Å². The van der Waals surface area contributed by atoms with E-state index in [1.165, 1.54) is 0 Å². The Morgan fingerprint density at radius 3 is 3.08 bits per heavy atom. The van der Waals surface area contributed by atoms with E-state index >= 15 is 0 Å². The Kier molecular flexibility index (Phi) is 1.51. The van der Waals surface area contributed by atoms with Gasteiger partial charge < -0.3 is 4.57 Å². The van der Waals surface area contributed by atoms with Crippen molar-refractivity contribution in [3.05, 3.63) is 30.1 Å². The van der Waals surface area contributed by atoms with Gasteiger partial charge in [-0.3, -0.25) is 0 Å². The normalized spacial score (nSPS) is 10.2. The van der Waals surface area contributed by atoms with E-state index in [2.05, 4.69) is 28.6 Å². The van der Waals surface area contributed by atoms with Crippen LogP contribution in [0.15, 0.2) is 12.1 Å². The zero-order valence-corrected chi connectivity index (χ0v) is 7.26. The maximum absolute atomic E-state index is 4.41. The van der Waals surface area contributed by atoms with E-state index in [-0.39, 0.29) is 0 Å². The molecule has 0 aliphatic carbocycles. The molecular weight excluding hydrogens is 148 g/mol. The molecule has 0 aliphatic heterocycles. The minimum atomic E-state index is 0.914. The fraction of sp³-hybridized carbons (Fsp3) is 0.300. The third-order valence-electron chi connectivity index (χ3n) is 2.06. The van der Waals surface area contributed by atoms with Crippen LogP contribution < -0.4 is 0 Å². The van der Waals surface area contributed by atoms with E-state index in [9.17, 15) is 0 Å². The number of imidazole rings is 1. The van der Waals surface area contributed by atoms with Crippen LogP contribution in [0, 0.1) is 12.1 Å². The maximum Gasteiger partial charge on any atom is 0.139 e. The highest BCUT2D eigenvalue weighted by atomic mass is 15.1. The molecule has 0 amide bonds. The van der Waals surface area contributed by atoms with Crippen molar-refractivity contribution in [1.82, 2.24) is 9.55 Å². The first kappa shape index (κ1) is 7.17. The third-order valence-corrected chi connectivity index (χ3v) is 2.06. The molecule has 2 nitrogen and oxygen atoms in total. The highest BCUT2D eigenvalue weighted by Gasteiger charge is 2.03. The van der Waals surface area contributed by atoms with Crippen molar-refractivity contribution in [3.63, 3.8) is 0 Å². The largest absolute Gasteiger partial charge is 0.331 e. The summed E-state index contributed by atoms with van der Waals surface area (Å²) in [5.74, 6) is 1.10. The van der Waals surface area contributed by atoms with Gasteiger partial charge in [0.15, 0.2) is 0 Å². The topological polar surface area (TPSA) is 17.8 Å². The first-order chi connectivity index (χ1) is 5.83. The van der Waals surface area contributed by atoms with Crippen molar-refractivity contribution >= 4 is 11.0 Å². The molecule has 0 aliphatic rings. The molecule has 0 radical (unpaired) electrons. The summed E-state index contributed by atoms with van der Waals surface area (Å²) < 4.78 is 2.10. The van der Waals surface area contributed by atoms with Crippen molar-refractivity contribution < 1.29 is 0 Å². The van der Waals surface area contributed by atoms with E-state index in [4.69, 9.17) is 0 Å². The smallest absolute Gasteiger partial charge is 0.139 e. The van der Waals surface area contributed by atoms with Gasteiger partial charge in [0, 0.05) is 13.5 Å². The van der Waals surface area contributed by atoms with Crippen molar-refractivity contribution in [2.75, 3.05) is 0 Å². The van der Waals surface area contributed by atoms with E-state index in [0.29, 0.717) is 0 Å². The number of aromatic nitrogens is 2. The van der Waals surface area contributed by atoms with Gasteiger partial charge in [0.25, 0.3) is 0 Å². The Morgan fingerprint density at radius 1 is 1.58 bits per heavy atom. The molecule has 0 N–H and O–H groups in total. The van der Waals surface area contributed by atoms with Crippen LogP contribution in [0.3, 0.4) is 0 Å². The predicted octanol–water partition coefficient (Wildman–Crippen LogP) is 1.74. The maximum atomic E-state index is 4.41. The molecule has 0 saturated heterocycles. The Labute approximate surface area is 71.8 Å². The molecule has 1 aromatic carbocycles. The number of hydrogen-bond donors (Lipinski definition) is 0. The minimum Gasteiger partial charge on any atom is -0.331 e. The lowest BCUT2D eigenvalue weighted by Crippen LogP contribution is -1.94. The summed E-state index contributed by atoms with van der Waals surface area (Å²) in [6.45, 7) is 2.10. The highest BCUT2D eigenvalue weighted by molar-refractivity contribution is 5.73. The van der Waals surface area contributed by atoms with Crippen molar-refractivity contribution in [2.45, 2.75) is 13.3 Å². The summed E-state index contributed by atoms with van der Waals surface area (Å²) in [4.78, 5) is 4.41. The average molecular weight is 158 g/mol. The number of hydrogen-bond acceptors (Lipinski definition) is 1. The van der Waals surface area contributed by atoms with Crippen molar-refractivity contribution in [2.24, 2.45) is 7.05 Å². The van der Waals surface area contributed by atoms with Crippen LogP contribution in [0.1, 0.15) is 12.7 Å². The highest BCUT2D eigenvalue weighted by Crippen LogP contribution is 2.11. The van der Waals surface area contributed by atoms with Gasteiger partial charge in [-0.25, -0.2) is 4.98 Å². The van der Waals surface area contributed by atoms with Crippen LogP contribution in [0.4, 0.5) is 0 Å². The second-order valence-corrected chi connectivity index (χ2v) is 2.78. The van der Waals surface area contributed by atoms with E-state index in [1.807, 2.05) is 19.2 Å². The average Bonchev–Trinajstić information content (AvgIpc) is 2.44. The van der Waals surface area contributed by atoms with Gasteiger partial charge >= 0.3 is 0 Å². The zero-order valence-electron chi connectivity index (χ0n) is 7.26. The number of fused-ring (bicyclic) bond motifs is 1. The molecule has 0 bridgehead atoms. The van der Waals surface area contributed by atoms with Gasteiger partial charge in [-0.2, -0.15) is 0 Å². The quantitative estimate of drug-likeness (QED) is 0.618. The molecule has 0 saturated carbocycles. The molecule has 60 valence electrons. The molecule has 0 spiro atoms. The molecule has 0 atom stereocenters. The lowest BCUT2D eigenvalue weighted by Gasteiger charge is -1.95. The fourth-order valence-electron chi connectivity index (χ4n) is 1.39. The zero-order chi connectivity index (χ0) is 8.55. The molecule has 1 aromatic heterocycles. The SMILES string of the molecule is CCc1nc2c#cccc2n1C. The van der Waals surface area contributed by atoms with Crippen LogP contribution in [-0.2, 0) is 13.5 Å². The summed E-state index contributed by atoms with van der Waals surface area (Å²) in [6, 6.07) is 9.77. The number of aryl methyl sites for hydroxylation is 2. The minimum absolute atomic E-state index is 0.914. The molecule has 12 heavy (non-hydrogen) atoms. The second kappa shape index (κ2) is 2.53. The van der Waals surface area contributed by atoms with E-state index < -0.39 is 0 Å². The van der Waals surface area contributed by atoms with Gasteiger partial charge in [0.2, 0.25) is 0 Å². The summed E-state index contributed by atoms with van der Waals surface area (Å²) in [7, 11) is 2.03. The van der Waals surface area contributed by atoms with Crippen LogP contribution in [0.5, 0.6) is 0 Å². The standard InChI is InChI=1S/C10H10N2/c1-3-10-11-8-6-4-5-7-9(8)12(10)2/h5,7H,3H2,1-2H3. The molecule has 0 unspecified atom stereocenters. The molecule has 2 rings (SSSR count). The second-order valence-electron chi connectivity index (χ2n) is 2.78. The monoisotopic (exact) mass is 158 g/mol. The summed E-state index contributed by atoms with van der Waals surface area (Å²) in [5.41, 5.74) is 2.04. The Bertz CT molecular complexity index is 401. The van der Waals surface area contributed by atoms with Gasteiger partial charge in [0.1, 0.15) is 11.3 Å². The van der Waals surface area contributed by atoms with Crippen LogP contribution in [0.2, 0.25) is 0 Å². The van der Waals surface area contributed by atoms with Gasteiger partial charge in [-0.05, 0) is 18.2 Å². The van der Waals surface area contributed by atoms with Gasteiger partial charge in [0.05, 0.1) is 5.52 Å². The molecule has 2 aromatic rings. The Hall–Kier alpha value is -1.49. The Morgan fingerprint density at radius 2 is 2.42 bits per heavy atom. The Balaban J connectivity index is 2.78. The summed E-state index contributed by atoms with van der Waals surface area (Å²) in [6.07, 6.45) is 0.957. The van der Waals surface area contributed by atoms with Crippen LogP contribution in [-0.4, -0.2) is 9.55 Å². The van der Waals surface area contributed by atoms with Crippen molar-refractivity contribution in [1.29, 1.82) is 0 Å². The van der Waals surface area contributed by atoms with Crippen LogP contribution >= 0.6 is 0 Å². The summed E-state index contributed by atoms with van der Waals surface area (Å²) >= 11 is 0. The molecule has 2 heteroatoms. The number of nitrogens with zero attached hydrogens (tertiary/aromatic N) is 2. The fourth-order valence-corrected chi connectivity index (χ4v) is 1.39. The van der Waals surface area contributed by atoms with Crippen LogP contribution in [0.25, 0.3) is 11.0 Å². The third kappa shape index (κ3) is 0.868. The lowest BCUT2D eigenvalue weighted by atomic mass is 10.4. The van der Waals surface area contributed by atoms with Gasteiger partial charge in [-0.15, -0.1) is 0 Å². The molecule has 1 heterocycles. The van der Waals surface area contributed by atoms with Crippen molar-refractivity contribution in [3.8, 4) is 0 Å². The number of rotatable bonds is 1. The molecular formula is C10H10N2. The summed E-state index contributed by atoms with van der Waals surface area (Å²) in [5, 5.41) is 0. The predicted molar refractivity (Wildman–Crippen MR) is 47.8 cm³/mol. The first-order valence-electron chi connectivity index (χ1n) is 4.06. The first-order valence-corrected chi connectivity index (χ1v) is 4.06. The molecule has 0 fully saturated rings. The van der Waals surface area contributed by atoms with Gasteiger partial charge in [-0.1, -0.05) is 13.0 Å².